The first-order chi connectivity index (χ1) is 11.3. The fourth-order valence-electron chi connectivity index (χ4n) is 2.96. The molecule has 0 atom stereocenters. The van der Waals surface area contributed by atoms with Crippen LogP contribution >= 0.6 is 0 Å². The van der Waals surface area contributed by atoms with Gasteiger partial charge < -0.3 is 15.8 Å². The Morgan fingerprint density at radius 2 is 1.96 bits per heavy atom. The number of nitrogens with zero attached hydrogens (tertiary/aromatic N) is 1. The maximum absolute atomic E-state index is 12.6. The first-order valence-corrected chi connectivity index (χ1v) is 9.33. The molecule has 1 aromatic carbocycles. The van der Waals surface area contributed by atoms with E-state index in [1.165, 1.54) is 33.3 Å². The molecule has 0 radical (unpaired) electrons. The van der Waals surface area contributed by atoms with Crippen LogP contribution in [0.4, 0.5) is 0 Å². The fraction of sp³-hybridized carbons (Fsp3) is 0.562. The maximum Gasteiger partial charge on any atom is 0.251 e. The summed E-state index contributed by atoms with van der Waals surface area (Å²) < 4.78 is 31.1. The number of nitrogens with two attached hydrogens (primary N) is 1. The molecule has 0 heterocycles. The Hall–Kier alpha value is -1.64. The van der Waals surface area contributed by atoms with Crippen LogP contribution in [0.15, 0.2) is 23.1 Å². The van der Waals surface area contributed by atoms with E-state index in [1.54, 1.807) is 6.07 Å². The summed E-state index contributed by atoms with van der Waals surface area (Å²) in [6.45, 7) is 0.373. The van der Waals surface area contributed by atoms with Gasteiger partial charge in [0.05, 0.1) is 12.6 Å². The molecule has 1 aliphatic carbocycles. The highest BCUT2D eigenvalue weighted by molar-refractivity contribution is 7.89. The number of methoxy groups -OCH3 is 1. The molecule has 1 aromatic rings. The van der Waals surface area contributed by atoms with Crippen molar-refractivity contribution in [2.45, 2.75) is 36.1 Å². The Bertz CT molecular complexity index is 710. The molecule has 0 saturated heterocycles. The third kappa shape index (κ3) is 3.55. The molecular weight excluding hydrogens is 330 g/mol. The first-order valence-electron chi connectivity index (χ1n) is 7.89. The molecule has 1 saturated carbocycles. The van der Waals surface area contributed by atoms with Crippen LogP contribution in [0.5, 0.6) is 5.75 Å². The standard InChI is InChI=1S/C16H25N3O4S/c1-19(2)24(21,22)14-10-12(6-7-13(14)23-3)15(20)18-16(11-17)8-4-5-9-16/h6-7,10H,4-5,8-9,11,17H2,1-3H3,(H,18,20). The quantitative estimate of drug-likeness (QED) is 0.791. The molecular formula is C16H25N3O4S. The molecule has 1 aliphatic rings. The number of hydrogen-bond acceptors (Lipinski definition) is 5. The SMILES string of the molecule is COc1ccc(C(=O)NC2(CN)CCCC2)cc1S(=O)(=O)N(C)C. The topological polar surface area (TPSA) is 102 Å². The third-order valence-electron chi connectivity index (χ3n) is 4.51. The van der Waals surface area contributed by atoms with E-state index in [0.29, 0.717) is 6.54 Å². The van der Waals surface area contributed by atoms with Gasteiger partial charge in [0.15, 0.2) is 0 Å². The molecule has 1 fully saturated rings. The van der Waals surface area contributed by atoms with Crippen LogP contribution < -0.4 is 15.8 Å². The lowest BCUT2D eigenvalue weighted by molar-refractivity contribution is 0.0903. The van der Waals surface area contributed by atoms with Gasteiger partial charge in [-0.1, -0.05) is 12.8 Å². The minimum atomic E-state index is -3.72. The zero-order chi connectivity index (χ0) is 18.0. The summed E-state index contributed by atoms with van der Waals surface area (Å²) in [6.07, 6.45) is 3.74. The Labute approximate surface area is 143 Å². The molecule has 0 spiro atoms. The minimum Gasteiger partial charge on any atom is -0.495 e. The van der Waals surface area contributed by atoms with E-state index in [4.69, 9.17) is 10.5 Å². The summed E-state index contributed by atoms with van der Waals surface area (Å²) in [5, 5.41) is 2.99. The lowest BCUT2D eigenvalue weighted by atomic mass is 9.97. The van der Waals surface area contributed by atoms with Gasteiger partial charge in [-0.25, -0.2) is 12.7 Å². The van der Waals surface area contributed by atoms with Gasteiger partial charge in [-0.3, -0.25) is 4.79 Å². The number of benzene rings is 1. The summed E-state index contributed by atoms with van der Waals surface area (Å²) in [5.74, 6) is -0.116. The Kier molecular flexibility index (Phi) is 5.52. The number of ether oxygens (including phenoxy) is 1. The van der Waals surface area contributed by atoms with Crippen LogP contribution in [0.2, 0.25) is 0 Å². The molecule has 0 aromatic heterocycles. The Morgan fingerprint density at radius 1 is 1.33 bits per heavy atom. The van der Waals surface area contributed by atoms with Crippen molar-refractivity contribution in [3.63, 3.8) is 0 Å². The molecule has 8 heteroatoms. The van der Waals surface area contributed by atoms with Crippen LogP contribution in [0.1, 0.15) is 36.0 Å². The van der Waals surface area contributed by atoms with Gasteiger partial charge in [-0.15, -0.1) is 0 Å². The van der Waals surface area contributed by atoms with Gasteiger partial charge in [-0.05, 0) is 31.0 Å². The summed E-state index contributed by atoms with van der Waals surface area (Å²) in [5.41, 5.74) is 5.73. The Balaban J connectivity index is 2.36. The third-order valence-corrected chi connectivity index (χ3v) is 6.35. The molecule has 24 heavy (non-hydrogen) atoms. The van der Waals surface area contributed by atoms with Gasteiger partial charge in [0.25, 0.3) is 5.91 Å². The minimum absolute atomic E-state index is 0.0316. The second kappa shape index (κ2) is 7.08. The average Bonchev–Trinajstić information content (AvgIpc) is 3.03. The van der Waals surface area contributed by atoms with Crippen molar-refractivity contribution in [3.8, 4) is 5.75 Å². The van der Waals surface area contributed by atoms with Gasteiger partial charge in [0, 0.05) is 26.2 Å². The van der Waals surface area contributed by atoms with Crippen LogP contribution in [0.3, 0.4) is 0 Å². The van der Waals surface area contributed by atoms with E-state index in [0.717, 1.165) is 30.0 Å². The van der Waals surface area contributed by atoms with Gasteiger partial charge in [0.2, 0.25) is 10.0 Å². The first kappa shape index (κ1) is 18.7. The summed E-state index contributed by atoms with van der Waals surface area (Å²) in [6, 6.07) is 4.40. The Morgan fingerprint density at radius 3 is 2.46 bits per heavy atom. The molecule has 134 valence electrons. The normalized spacial score (nSPS) is 17.0. The molecule has 2 rings (SSSR count). The second-order valence-electron chi connectivity index (χ2n) is 6.30. The van der Waals surface area contributed by atoms with Crippen molar-refractivity contribution in [3.05, 3.63) is 23.8 Å². The summed E-state index contributed by atoms with van der Waals surface area (Å²) in [4.78, 5) is 12.6. The van der Waals surface area contributed by atoms with Gasteiger partial charge in [0.1, 0.15) is 10.6 Å². The smallest absolute Gasteiger partial charge is 0.251 e. The van der Waals surface area contributed by atoms with Crippen molar-refractivity contribution >= 4 is 15.9 Å². The van der Waals surface area contributed by atoms with E-state index in [1.807, 2.05) is 0 Å². The second-order valence-corrected chi connectivity index (χ2v) is 8.42. The van der Waals surface area contributed by atoms with Crippen molar-refractivity contribution in [1.29, 1.82) is 0 Å². The van der Waals surface area contributed by atoms with Crippen molar-refractivity contribution < 1.29 is 17.9 Å². The highest BCUT2D eigenvalue weighted by atomic mass is 32.2. The predicted octanol–water partition coefficient (Wildman–Crippen LogP) is 0.947. The molecule has 0 unspecified atom stereocenters. The monoisotopic (exact) mass is 355 g/mol. The van der Waals surface area contributed by atoms with Crippen LogP contribution in [-0.2, 0) is 10.0 Å². The molecule has 7 nitrogen and oxygen atoms in total. The molecule has 0 aliphatic heterocycles. The van der Waals surface area contributed by atoms with Crippen molar-refractivity contribution in [2.75, 3.05) is 27.7 Å². The van der Waals surface area contributed by atoms with Crippen molar-refractivity contribution in [2.24, 2.45) is 5.73 Å². The number of carbonyl (C=O) groups excluding carboxylic acids is 1. The van der Waals surface area contributed by atoms with E-state index in [9.17, 15) is 13.2 Å². The molecule has 1 amide bonds. The number of amides is 1. The number of sulfonamides is 1. The van der Waals surface area contributed by atoms with Crippen LogP contribution in [0.25, 0.3) is 0 Å². The van der Waals surface area contributed by atoms with Crippen molar-refractivity contribution in [1.82, 2.24) is 9.62 Å². The largest absolute Gasteiger partial charge is 0.495 e. The van der Waals surface area contributed by atoms with Crippen LogP contribution in [-0.4, -0.2) is 51.9 Å². The highest BCUT2D eigenvalue weighted by Crippen LogP contribution is 2.30. The zero-order valence-electron chi connectivity index (χ0n) is 14.3. The fourth-order valence-corrected chi connectivity index (χ4v) is 4.04. The van der Waals surface area contributed by atoms with Crippen LogP contribution in [0, 0.1) is 0 Å². The van der Waals surface area contributed by atoms with E-state index < -0.39 is 15.6 Å². The van der Waals surface area contributed by atoms with E-state index in [-0.39, 0.29) is 22.1 Å². The summed E-state index contributed by atoms with van der Waals surface area (Å²) in [7, 11) is 0.542. The van der Waals surface area contributed by atoms with E-state index >= 15 is 0 Å². The number of rotatable bonds is 6. The zero-order valence-corrected chi connectivity index (χ0v) is 15.1. The molecule has 3 N–H and O–H groups in total. The number of nitrogens with one attached hydrogen (secondary N) is 1. The van der Waals surface area contributed by atoms with E-state index in [2.05, 4.69) is 5.32 Å². The summed E-state index contributed by atoms with van der Waals surface area (Å²) >= 11 is 0. The lowest BCUT2D eigenvalue weighted by Crippen LogP contribution is -2.51. The maximum atomic E-state index is 12.6. The van der Waals surface area contributed by atoms with Gasteiger partial charge in [-0.2, -0.15) is 0 Å². The number of hydrogen-bond donors (Lipinski definition) is 2. The van der Waals surface area contributed by atoms with Gasteiger partial charge >= 0.3 is 0 Å². The predicted molar refractivity (Wildman–Crippen MR) is 91.6 cm³/mol. The average molecular weight is 355 g/mol. The highest BCUT2D eigenvalue weighted by Gasteiger charge is 2.34. The lowest BCUT2D eigenvalue weighted by Gasteiger charge is -2.28. The molecule has 0 bridgehead atoms. The number of carbonyl (C=O) groups is 1.